The number of carbonyl (C=O) groups is 2. The highest BCUT2D eigenvalue weighted by Gasteiger charge is 2.16. The monoisotopic (exact) mass is 327 g/mol. The normalized spacial score (nSPS) is 10.8. The fraction of sp³-hybridized carbons (Fsp3) is 0.429. The largest absolute Gasteiger partial charge is 0.356 e. The predicted octanol–water partition coefficient (Wildman–Crippen LogP) is 0.763. The van der Waals surface area contributed by atoms with Gasteiger partial charge in [-0.3, -0.25) is 4.79 Å². The van der Waals surface area contributed by atoms with Crippen LogP contribution in [0.15, 0.2) is 29.2 Å². The van der Waals surface area contributed by atoms with Gasteiger partial charge in [0, 0.05) is 20.0 Å². The Morgan fingerprint density at radius 3 is 2.23 bits per heavy atom. The molecule has 3 amide bonds. The Balaban J connectivity index is 2.64. The van der Waals surface area contributed by atoms with Crippen molar-refractivity contribution < 1.29 is 18.0 Å². The van der Waals surface area contributed by atoms with Crippen LogP contribution in [0.2, 0.25) is 0 Å². The Kier molecular flexibility index (Phi) is 6.84. The molecule has 122 valence electrons. The number of sulfonamides is 1. The fourth-order valence-corrected chi connectivity index (χ4v) is 2.60. The first-order chi connectivity index (χ1) is 10.3. The van der Waals surface area contributed by atoms with Crippen molar-refractivity contribution in [3.8, 4) is 0 Å². The maximum absolute atomic E-state index is 12.0. The number of rotatable bonds is 7. The van der Waals surface area contributed by atoms with Crippen LogP contribution in [0.3, 0.4) is 0 Å². The highest BCUT2D eigenvalue weighted by atomic mass is 32.2. The number of amides is 3. The van der Waals surface area contributed by atoms with Gasteiger partial charge in [0.1, 0.15) is 0 Å². The van der Waals surface area contributed by atoms with Crippen molar-refractivity contribution in [3.05, 3.63) is 29.8 Å². The van der Waals surface area contributed by atoms with E-state index < -0.39 is 16.1 Å². The van der Waals surface area contributed by atoms with Gasteiger partial charge in [0.05, 0.1) is 4.90 Å². The molecule has 0 heterocycles. The van der Waals surface area contributed by atoms with Crippen molar-refractivity contribution in [1.82, 2.24) is 15.4 Å². The Morgan fingerprint density at radius 1 is 1.05 bits per heavy atom. The summed E-state index contributed by atoms with van der Waals surface area (Å²) in [6.45, 7) is 4.20. The first-order valence-electron chi connectivity index (χ1n) is 6.99. The van der Waals surface area contributed by atoms with Gasteiger partial charge in [0.25, 0.3) is 10.0 Å². The Hall–Kier alpha value is -2.09. The summed E-state index contributed by atoms with van der Waals surface area (Å²) in [5, 5.41) is 5.10. The lowest BCUT2D eigenvalue weighted by atomic mass is 10.1. The molecule has 0 saturated heterocycles. The zero-order valence-corrected chi connectivity index (χ0v) is 13.5. The maximum Gasteiger partial charge on any atom is 0.328 e. The molecular weight excluding hydrogens is 306 g/mol. The number of urea groups is 1. The topological polar surface area (TPSA) is 104 Å². The summed E-state index contributed by atoms with van der Waals surface area (Å²) in [5.74, 6) is -0.110. The highest BCUT2D eigenvalue weighted by Crippen LogP contribution is 2.10. The number of benzene rings is 1. The molecular formula is C14H21N3O4S. The molecule has 1 rings (SSSR count). The van der Waals surface area contributed by atoms with E-state index in [9.17, 15) is 18.0 Å². The van der Waals surface area contributed by atoms with Crippen LogP contribution in [0.25, 0.3) is 0 Å². The third-order valence-corrected chi connectivity index (χ3v) is 4.13. The van der Waals surface area contributed by atoms with Gasteiger partial charge in [-0.1, -0.05) is 19.1 Å². The van der Waals surface area contributed by atoms with Crippen molar-refractivity contribution in [2.24, 2.45) is 0 Å². The van der Waals surface area contributed by atoms with Crippen molar-refractivity contribution >= 4 is 22.0 Å². The molecule has 1 aromatic rings. The highest BCUT2D eigenvalue weighted by molar-refractivity contribution is 7.90. The molecule has 1 aromatic carbocycles. The molecule has 0 aliphatic heterocycles. The van der Waals surface area contributed by atoms with Crippen LogP contribution in [-0.4, -0.2) is 33.4 Å². The summed E-state index contributed by atoms with van der Waals surface area (Å²) in [6.07, 6.45) is 1.32. The molecule has 0 spiro atoms. The van der Waals surface area contributed by atoms with Gasteiger partial charge in [-0.2, -0.15) is 0 Å². The van der Waals surface area contributed by atoms with E-state index in [-0.39, 0.29) is 10.8 Å². The number of hydrogen-bond acceptors (Lipinski definition) is 4. The number of carbonyl (C=O) groups excluding carboxylic acids is 2. The first-order valence-corrected chi connectivity index (χ1v) is 8.47. The van der Waals surface area contributed by atoms with Crippen LogP contribution in [0.5, 0.6) is 0 Å². The minimum Gasteiger partial charge on any atom is -0.356 e. The van der Waals surface area contributed by atoms with Gasteiger partial charge in [-0.25, -0.2) is 17.9 Å². The number of nitrogens with one attached hydrogen (secondary N) is 3. The summed E-state index contributed by atoms with van der Waals surface area (Å²) in [7, 11) is -3.87. The van der Waals surface area contributed by atoms with Gasteiger partial charge in [0.2, 0.25) is 5.91 Å². The van der Waals surface area contributed by atoms with E-state index in [1.54, 1.807) is 12.1 Å². The van der Waals surface area contributed by atoms with Crippen molar-refractivity contribution in [1.29, 1.82) is 0 Å². The standard InChI is InChI=1S/C14H21N3O4S/c1-3-9-16-14(19)17-22(20,21)13-6-4-12(5-7-13)8-10-15-11(2)18/h4-7H,3,8-10H2,1-2H3,(H,15,18)(H2,16,17,19). The molecule has 0 saturated carbocycles. The molecule has 0 aromatic heterocycles. The van der Waals surface area contributed by atoms with Crippen molar-refractivity contribution in [3.63, 3.8) is 0 Å². The van der Waals surface area contributed by atoms with E-state index in [0.29, 0.717) is 19.5 Å². The quantitative estimate of drug-likeness (QED) is 0.688. The lowest BCUT2D eigenvalue weighted by Crippen LogP contribution is -2.39. The smallest absolute Gasteiger partial charge is 0.328 e. The van der Waals surface area contributed by atoms with Crippen LogP contribution in [0.4, 0.5) is 4.79 Å². The zero-order valence-electron chi connectivity index (χ0n) is 12.7. The second-order valence-electron chi connectivity index (χ2n) is 4.74. The zero-order chi connectivity index (χ0) is 16.6. The van der Waals surface area contributed by atoms with E-state index in [4.69, 9.17) is 0 Å². The summed E-state index contributed by atoms with van der Waals surface area (Å²) in [5.41, 5.74) is 0.892. The first kappa shape index (κ1) is 18.0. The Labute approximate surface area is 130 Å². The Morgan fingerprint density at radius 2 is 1.68 bits per heavy atom. The molecule has 0 radical (unpaired) electrons. The van der Waals surface area contributed by atoms with Crippen LogP contribution >= 0.6 is 0 Å². The predicted molar refractivity (Wildman–Crippen MR) is 82.8 cm³/mol. The molecule has 0 atom stereocenters. The van der Waals surface area contributed by atoms with Crippen LogP contribution < -0.4 is 15.4 Å². The second-order valence-corrected chi connectivity index (χ2v) is 6.42. The van der Waals surface area contributed by atoms with Gasteiger partial charge in [0.15, 0.2) is 0 Å². The molecule has 7 nitrogen and oxygen atoms in total. The van der Waals surface area contributed by atoms with Crippen LogP contribution in [0, 0.1) is 0 Å². The third kappa shape index (κ3) is 6.13. The maximum atomic E-state index is 12.0. The van der Waals surface area contributed by atoms with E-state index in [0.717, 1.165) is 12.0 Å². The van der Waals surface area contributed by atoms with Gasteiger partial charge >= 0.3 is 6.03 Å². The van der Waals surface area contributed by atoms with Gasteiger partial charge in [-0.05, 0) is 30.5 Å². The molecule has 22 heavy (non-hydrogen) atoms. The summed E-state index contributed by atoms with van der Waals surface area (Å²) in [6, 6.07) is 5.43. The molecule has 0 aliphatic rings. The number of hydrogen-bond donors (Lipinski definition) is 3. The van der Waals surface area contributed by atoms with Gasteiger partial charge in [-0.15, -0.1) is 0 Å². The Bertz CT molecular complexity index is 611. The van der Waals surface area contributed by atoms with E-state index >= 15 is 0 Å². The van der Waals surface area contributed by atoms with Crippen LogP contribution in [-0.2, 0) is 21.2 Å². The third-order valence-electron chi connectivity index (χ3n) is 2.78. The fourth-order valence-electron chi connectivity index (χ4n) is 1.67. The molecule has 8 heteroatoms. The molecule has 0 unspecified atom stereocenters. The van der Waals surface area contributed by atoms with Crippen molar-refractivity contribution in [2.45, 2.75) is 31.6 Å². The van der Waals surface area contributed by atoms with Gasteiger partial charge < -0.3 is 10.6 Å². The minimum atomic E-state index is -3.87. The summed E-state index contributed by atoms with van der Waals surface area (Å²) in [4.78, 5) is 22.2. The van der Waals surface area contributed by atoms with Crippen molar-refractivity contribution in [2.75, 3.05) is 13.1 Å². The summed E-state index contributed by atoms with van der Waals surface area (Å²) < 4.78 is 25.9. The average molecular weight is 327 g/mol. The average Bonchev–Trinajstić information content (AvgIpc) is 2.45. The minimum absolute atomic E-state index is 0.0161. The lowest BCUT2D eigenvalue weighted by Gasteiger charge is -2.09. The van der Waals surface area contributed by atoms with E-state index in [2.05, 4.69) is 10.6 Å². The summed E-state index contributed by atoms with van der Waals surface area (Å²) >= 11 is 0. The molecule has 0 aliphatic carbocycles. The molecule has 0 fully saturated rings. The van der Waals surface area contributed by atoms with Crippen LogP contribution in [0.1, 0.15) is 25.8 Å². The SMILES string of the molecule is CCCNC(=O)NS(=O)(=O)c1ccc(CCNC(C)=O)cc1. The molecule has 3 N–H and O–H groups in total. The lowest BCUT2D eigenvalue weighted by molar-refractivity contribution is -0.118. The second kappa shape index (κ2) is 8.38. The molecule has 0 bridgehead atoms. The van der Waals surface area contributed by atoms with E-state index in [1.807, 2.05) is 11.6 Å². The van der Waals surface area contributed by atoms with E-state index in [1.165, 1.54) is 19.1 Å².